The number of benzene rings is 1. The lowest BCUT2D eigenvalue weighted by Gasteiger charge is -2.24. The fourth-order valence-electron chi connectivity index (χ4n) is 3.08. The summed E-state index contributed by atoms with van der Waals surface area (Å²) in [4.78, 5) is 16.5. The summed E-state index contributed by atoms with van der Waals surface area (Å²) >= 11 is 0. The molecule has 22 heavy (non-hydrogen) atoms. The number of hydrogen-bond donors (Lipinski definition) is 1. The van der Waals surface area contributed by atoms with Crippen LogP contribution in [0.2, 0.25) is 0 Å². The van der Waals surface area contributed by atoms with Gasteiger partial charge in [-0.05, 0) is 25.3 Å². The summed E-state index contributed by atoms with van der Waals surface area (Å²) in [5.74, 6) is 1.48. The first kappa shape index (κ1) is 14.8. The Balaban J connectivity index is 1.76. The monoisotopic (exact) mass is 297 g/mol. The zero-order valence-corrected chi connectivity index (χ0v) is 13.3. The van der Waals surface area contributed by atoms with Crippen LogP contribution in [0.25, 0.3) is 0 Å². The summed E-state index contributed by atoms with van der Waals surface area (Å²) in [6.45, 7) is 5.79. The van der Waals surface area contributed by atoms with Crippen LogP contribution < -0.4 is 5.32 Å². The molecular weight excluding hydrogens is 274 g/mol. The van der Waals surface area contributed by atoms with E-state index >= 15 is 0 Å². The molecule has 1 aliphatic heterocycles. The van der Waals surface area contributed by atoms with E-state index in [1.165, 1.54) is 11.1 Å². The van der Waals surface area contributed by atoms with Crippen molar-refractivity contribution in [3.8, 4) is 0 Å². The van der Waals surface area contributed by atoms with Crippen molar-refractivity contribution >= 4 is 5.91 Å². The molecule has 0 saturated heterocycles. The molecule has 3 rings (SSSR count). The molecule has 4 nitrogen and oxygen atoms in total. The molecule has 1 aliphatic rings. The number of amides is 1. The molecular formula is C18H23N3O. The highest BCUT2D eigenvalue weighted by Crippen LogP contribution is 2.29. The van der Waals surface area contributed by atoms with Crippen molar-refractivity contribution in [3.63, 3.8) is 0 Å². The van der Waals surface area contributed by atoms with Crippen molar-refractivity contribution in [1.82, 2.24) is 14.9 Å². The van der Waals surface area contributed by atoms with E-state index in [1.54, 1.807) is 0 Å². The highest BCUT2D eigenvalue weighted by atomic mass is 16.1. The molecule has 1 atom stereocenters. The van der Waals surface area contributed by atoms with Gasteiger partial charge in [0.05, 0.1) is 0 Å². The molecule has 0 fully saturated rings. The van der Waals surface area contributed by atoms with E-state index in [0.29, 0.717) is 18.2 Å². The smallest absolute Gasteiger partial charge is 0.271 e. The lowest BCUT2D eigenvalue weighted by Crippen LogP contribution is -2.24. The Morgan fingerprint density at radius 3 is 3.09 bits per heavy atom. The predicted octanol–water partition coefficient (Wildman–Crippen LogP) is 3.06. The number of nitrogens with zero attached hydrogens (tertiary/aromatic N) is 2. The van der Waals surface area contributed by atoms with Crippen molar-refractivity contribution in [2.45, 2.75) is 45.6 Å². The summed E-state index contributed by atoms with van der Waals surface area (Å²) in [7, 11) is 0. The topological polar surface area (TPSA) is 46.9 Å². The van der Waals surface area contributed by atoms with Gasteiger partial charge in [-0.1, -0.05) is 36.8 Å². The highest BCUT2D eigenvalue weighted by molar-refractivity contribution is 5.92. The summed E-state index contributed by atoms with van der Waals surface area (Å²) in [5, 5.41) is 2.89. The van der Waals surface area contributed by atoms with Gasteiger partial charge < -0.3 is 9.88 Å². The number of carbonyl (C=O) groups excluding carboxylic acids is 1. The van der Waals surface area contributed by atoms with Gasteiger partial charge in [0.1, 0.15) is 11.5 Å². The van der Waals surface area contributed by atoms with Crippen molar-refractivity contribution in [1.29, 1.82) is 0 Å². The van der Waals surface area contributed by atoms with Crippen LogP contribution in [0.3, 0.4) is 0 Å². The second-order valence-electron chi connectivity index (χ2n) is 6.10. The molecule has 1 aromatic carbocycles. The molecule has 1 N–H and O–H groups in total. The molecule has 2 aromatic rings. The number of hydrogen-bond acceptors (Lipinski definition) is 2. The second-order valence-corrected chi connectivity index (χ2v) is 6.10. The molecule has 0 unspecified atom stereocenters. The van der Waals surface area contributed by atoms with E-state index in [9.17, 15) is 4.79 Å². The minimum Gasteiger partial charge on any atom is -0.351 e. The van der Waals surface area contributed by atoms with E-state index in [-0.39, 0.29) is 5.91 Å². The van der Waals surface area contributed by atoms with Crippen molar-refractivity contribution < 1.29 is 4.79 Å². The molecule has 1 amide bonds. The summed E-state index contributed by atoms with van der Waals surface area (Å²) in [6.07, 6.45) is 4.87. The quantitative estimate of drug-likeness (QED) is 0.943. The summed E-state index contributed by atoms with van der Waals surface area (Å²) in [5.41, 5.74) is 3.23. The average Bonchev–Trinajstić information content (AvgIpc) is 2.95. The Labute approximate surface area is 131 Å². The third-order valence-corrected chi connectivity index (χ3v) is 4.27. The number of aromatic nitrogens is 2. The normalized spacial score (nSPS) is 17.1. The van der Waals surface area contributed by atoms with Crippen LogP contribution in [0.5, 0.6) is 0 Å². The van der Waals surface area contributed by atoms with Crippen LogP contribution in [0.4, 0.5) is 0 Å². The van der Waals surface area contributed by atoms with Crippen molar-refractivity contribution in [2.24, 2.45) is 0 Å². The Morgan fingerprint density at radius 2 is 2.32 bits per heavy atom. The lowest BCUT2D eigenvalue weighted by molar-refractivity contribution is 0.0949. The Hall–Kier alpha value is -2.10. The van der Waals surface area contributed by atoms with Crippen LogP contribution >= 0.6 is 0 Å². The molecule has 1 aromatic heterocycles. The van der Waals surface area contributed by atoms with Crippen LogP contribution in [-0.2, 0) is 13.0 Å². The number of aryl methyl sites for hydroxylation is 2. The maximum absolute atomic E-state index is 12.0. The predicted molar refractivity (Wildman–Crippen MR) is 87.1 cm³/mol. The van der Waals surface area contributed by atoms with Gasteiger partial charge in [0.15, 0.2) is 0 Å². The summed E-state index contributed by atoms with van der Waals surface area (Å²) < 4.78 is 2.15. The van der Waals surface area contributed by atoms with Crippen molar-refractivity contribution in [3.05, 3.63) is 53.1 Å². The number of rotatable bonds is 4. The zero-order chi connectivity index (χ0) is 15.5. The van der Waals surface area contributed by atoms with E-state index < -0.39 is 0 Å². The van der Waals surface area contributed by atoms with Crippen LogP contribution in [0.1, 0.15) is 53.1 Å². The number of nitrogens with one attached hydrogen (secondary N) is 1. The molecule has 4 heteroatoms. The minimum absolute atomic E-state index is 0.0594. The van der Waals surface area contributed by atoms with Gasteiger partial charge >= 0.3 is 0 Å². The second kappa shape index (κ2) is 6.34. The Kier molecular flexibility index (Phi) is 4.27. The van der Waals surface area contributed by atoms with Gasteiger partial charge in [0.25, 0.3) is 5.91 Å². The van der Waals surface area contributed by atoms with E-state index in [1.807, 2.05) is 13.1 Å². The van der Waals surface area contributed by atoms with Gasteiger partial charge in [-0.15, -0.1) is 0 Å². The van der Waals surface area contributed by atoms with Crippen molar-refractivity contribution in [2.75, 3.05) is 6.54 Å². The van der Waals surface area contributed by atoms with E-state index in [2.05, 4.69) is 46.1 Å². The average molecular weight is 297 g/mol. The molecule has 0 aliphatic carbocycles. The first-order chi connectivity index (χ1) is 10.7. The Bertz CT molecular complexity index is 675. The van der Waals surface area contributed by atoms with Gasteiger partial charge in [-0.2, -0.15) is 0 Å². The van der Waals surface area contributed by atoms with E-state index in [0.717, 1.165) is 31.6 Å². The van der Waals surface area contributed by atoms with Gasteiger partial charge in [-0.3, -0.25) is 4.79 Å². The zero-order valence-electron chi connectivity index (χ0n) is 13.3. The molecule has 0 saturated carbocycles. The molecule has 0 radical (unpaired) electrons. The lowest BCUT2D eigenvalue weighted by atomic mass is 9.91. The minimum atomic E-state index is -0.0594. The van der Waals surface area contributed by atoms with Crippen LogP contribution in [-0.4, -0.2) is 22.0 Å². The molecule has 0 spiro atoms. The van der Waals surface area contributed by atoms with Gasteiger partial charge in [0.2, 0.25) is 0 Å². The Morgan fingerprint density at radius 1 is 1.45 bits per heavy atom. The molecule has 2 heterocycles. The number of carbonyl (C=O) groups is 1. The third kappa shape index (κ3) is 3.06. The highest BCUT2D eigenvalue weighted by Gasteiger charge is 2.23. The van der Waals surface area contributed by atoms with Gasteiger partial charge in [0, 0.05) is 31.6 Å². The van der Waals surface area contributed by atoms with Gasteiger partial charge in [-0.25, -0.2) is 4.98 Å². The fraction of sp³-hybridized carbons (Fsp3) is 0.444. The SMILES string of the molecule is CCCNC(=O)c1cn2c(n1)CC[C@@H](c1cccc(C)c1)C2. The summed E-state index contributed by atoms with van der Waals surface area (Å²) in [6, 6.07) is 8.72. The van der Waals surface area contributed by atoms with Crippen LogP contribution in [0.15, 0.2) is 30.5 Å². The molecule has 116 valence electrons. The maximum Gasteiger partial charge on any atom is 0.271 e. The maximum atomic E-state index is 12.0. The third-order valence-electron chi connectivity index (χ3n) is 4.27. The number of fused-ring (bicyclic) bond motifs is 1. The standard InChI is InChI=1S/C18H23N3O/c1-3-9-19-18(22)16-12-21-11-15(7-8-17(21)20-16)14-6-4-5-13(2)10-14/h4-6,10,12,15H,3,7-9,11H2,1-2H3,(H,19,22)/t15-/m1/s1. The van der Waals surface area contributed by atoms with E-state index in [4.69, 9.17) is 0 Å². The first-order valence-corrected chi connectivity index (χ1v) is 8.08. The number of imidazole rings is 1. The fourth-order valence-corrected chi connectivity index (χ4v) is 3.08. The first-order valence-electron chi connectivity index (χ1n) is 8.08. The van der Waals surface area contributed by atoms with Crippen LogP contribution in [0, 0.1) is 6.92 Å². The molecule has 0 bridgehead atoms. The largest absolute Gasteiger partial charge is 0.351 e.